The molecule has 4 heteroatoms. The molecule has 0 bridgehead atoms. The van der Waals surface area contributed by atoms with Gasteiger partial charge in [-0.2, -0.15) is 0 Å². The van der Waals surface area contributed by atoms with Gasteiger partial charge in [0.15, 0.2) is 0 Å². The van der Waals surface area contributed by atoms with Crippen molar-refractivity contribution < 1.29 is 9.32 Å². The van der Waals surface area contributed by atoms with Crippen LogP contribution in [0.15, 0.2) is 34.9 Å². The zero-order valence-corrected chi connectivity index (χ0v) is 11.3. The Morgan fingerprint density at radius 1 is 1.32 bits per heavy atom. The van der Waals surface area contributed by atoms with Crippen LogP contribution < -0.4 is 5.32 Å². The van der Waals surface area contributed by atoms with E-state index in [-0.39, 0.29) is 12.3 Å². The number of benzene rings is 1. The third-order valence-corrected chi connectivity index (χ3v) is 2.84. The number of aromatic nitrogens is 1. The molecule has 0 saturated carbocycles. The minimum absolute atomic E-state index is 0.0269. The third-order valence-electron chi connectivity index (χ3n) is 2.84. The minimum atomic E-state index is -0.0269. The second-order valence-electron chi connectivity index (χ2n) is 4.69. The van der Waals surface area contributed by atoms with E-state index in [9.17, 15) is 4.79 Å². The minimum Gasteiger partial charge on any atom is -0.361 e. The number of hydrogen-bond acceptors (Lipinski definition) is 3. The quantitative estimate of drug-likeness (QED) is 0.894. The van der Waals surface area contributed by atoms with Gasteiger partial charge in [-0.15, -0.1) is 0 Å². The Kier molecular flexibility index (Phi) is 4.34. The lowest BCUT2D eigenvalue weighted by Gasteiger charge is -2.04. The molecule has 100 valence electrons. The zero-order chi connectivity index (χ0) is 13.7. The normalized spacial score (nSPS) is 10.4. The number of rotatable bonds is 5. The molecule has 1 aromatic carbocycles. The molecule has 0 aliphatic heterocycles. The lowest BCUT2D eigenvalue weighted by molar-refractivity contribution is -0.120. The first kappa shape index (κ1) is 13.3. The van der Waals surface area contributed by atoms with Gasteiger partial charge >= 0.3 is 0 Å². The van der Waals surface area contributed by atoms with Crippen LogP contribution in [0.2, 0.25) is 0 Å². The van der Waals surface area contributed by atoms with Crippen LogP contribution in [0, 0.1) is 13.8 Å². The van der Waals surface area contributed by atoms with E-state index in [1.54, 1.807) is 6.07 Å². The average molecular weight is 258 g/mol. The van der Waals surface area contributed by atoms with E-state index in [1.807, 2.05) is 13.0 Å². The first-order valence-corrected chi connectivity index (χ1v) is 6.38. The Morgan fingerprint density at radius 3 is 2.84 bits per heavy atom. The van der Waals surface area contributed by atoms with Crippen molar-refractivity contribution >= 4 is 5.91 Å². The summed E-state index contributed by atoms with van der Waals surface area (Å²) in [6.07, 6.45) is 1.11. The van der Waals surface area contributed by atoms with Crippen molar-refractivity contribution in [1.82, 2.24) is 10.5 Å². The van der Waals surface area contributed by atoms with E-state index in [0.717, 1.165) is 12.2 Å². The van der Waals surface area contributed by atoms with Crippen LogP contribution in [0.4, 0.5) is 0 Å². The topological polar surface area (TPSA) is 55.1 Å². The standard InChI is InChI=1S/C15H18N2O2/c1-11-4-3-5-13(8-11)6-7-16-15(18)10-14-9-12(2)19-17-14/h3-5,8-9H,6-7,10H2,1-2H3,(H,16,18). The third kappa shape index (κ3) is 4.25. The molecule has 0 fully saturated rings. The molecule has 0 aliphatic carbocycles. The number of aryl methyl sites for hydroxylation is 2. The van der Waals surface area contributed by atoms with Gasteiger partial charge in [0.25, 0.3) is 0 Å². The Labute approximate surface area is 112 Å². The summed E-state index contributed by atoms with van der Waals surface area (Å²) in [5.74, 6) is 0.698. The van der Waals surface area contributed by atoms with Crippen LogP contribution in [0.1, 0.15) is 22.6 Å². The SMILES string of the molecule is Cc1cccc(CCNC(=O)Cc2cc(C)on2)c1. The largest absolute Gasteiger partial charge is 0.361 e. The fraction of sp³-hybridized carbons (Fsp3) is 0.333. The first-order valence-electron chi connectivity index (χ1n) is 6.38. The Hall–Kier alpha value is -2.10. The Bertz CT molecular complexity index is 561. The van der Waals surface area contributed by atoms with E-state index in [4.69, 9.17) is 4.52 Å². The number of carbonyl (C=O) groups is 1. The van der Waals surface area contributed by atoms with Crippen LogP contribution in [0.25, 0.3) is 0 Å². The molecule has 2 aromatic rings. The van der Waals surface area contributed by atoms with Crippen molar-refractivity contribution in [2.45, 2.75) is 26.7 Å². The molecule has 1 N–H and O–H groups in total. The summed E-state index contributed by atoms with van der Waals surface area (Å²) >= 11 is 0. The number of amides is 1. The smallest absolute Gasteiger partial charge is 0.226 e. The molecule has 1 amide bonds. The van der Waals surface area contributed by atoms with Crippen molar-refractivity contribution in [3.8, 4) is 0 Å². The van der Waals surface area contributed by atoms with Crippen LogP contribution in [-0.4, -0.2) is 17.6 Å². The molecule has 19 heavy (non-hydrogen) atoms. The number of nitrogens with one attached hydrogen (secondary N) is 1. The molecule has 0 saturated heterocycles. The Balaban J connectivity index is 1.75. The lowest BCUT2D eigenvalue weighted by atomic mass is 10.1. The summed E-state index contributed by atoms with van der Waals surface area (Å²) in [6, 6.07) is 10.1. The molecule has 2 rings (SSSR count). The second-order valence-corrected chi connectivity index (χ2v) is 4.69. The van der Waals surface area contributed by atoms with Crippen LogP contribution >= 0.6 is 0 Å². The van der Waals surface area contributed by atoms with Crippen molar-refractivity contribution in [3.63, 3.8) is 0 Å². The molecular formula is C15H18N2O2. The molecule has 1 heterocycles. The van der Waals surface area contributed by atoms with Crippen LogP contribution in [-0.2, 0) is 17.6 Å². The molecule has 0 atom stereocenters. The van der Waals surface area contributed by atoms with Crippen LogP contribution in [0.3, 0.4) is 0 Å². The molecule has 0 spiro atoms. The maximum absolute atomic E-state index is 11.7. The summed E-state index contributed by atoms with van der Waals surface area (Å²) < 4.78 is 4.92. The van der Waals surface area contributed by atoms with Gasteiger partial charge in [0, 0.05) is 12.6 Å². The molecule has 4 nitrogen and oxygen atoms in total. The monoisotopic (exact) mass is 258 g/mol. The van der Waals surface area contributed by atoms with E-state index in [2.05, 4.69) is 35.6 Å². The number of nitrogens with zero attached hydrogens (tertiary/aromatic N) is 1. The zero-order valence-electron chi connectivity index (χ0n) is 11.3. The highest BCUT2D eigenvalue weighted by molar-refractivity contribution is 5.78. The predicted molar refractivity (Wildman–Crippen MR) is 72.8 cm³/mol. The summed E-state index contributed by atoms with van der Waals surface area (Å²) in [6.45, 7) is 4.51. The van der Waals surface area contributed by atoms with Gasteiger partial charge in [0.05, 0.1) is 12.1 Å². The van der Waals surface area contributed by atoms with Crippen LogP contribution in [0.5, 0.6) is 0 Å². The van der Waals surface area contributed by atoms with Crippen molar-refractivity contribution in [2.24, 2.45) is 0 Å². The Morgan fingerprint density at radius 2 is 2.16 bits per heavy atom. The van der Waals surface area contributed by atoms with Crippen molar-refractivity contribution in [3.05, 3.63) is 52.9 Å². The lowest BCUT2D eigenvalue weighted by Crippen LogP contribution is -2.27. The highest BCUT2D eigenvalue weighted by Gasteiger charge is 2.06. The van der Waals surface area contributed by atoms with Gasteiger partial charge in [-0.3, -0.25) is 4.79 Å². The van der Waals surface area contributed by atoms with Gasteiger partial charge in [-0.1, -0.05) is 35.0 Å². The van der Waals surface area contributed by atoms with E-state index < -0.39 is 0 Å². The summed E-state index contributed by atoms with van der Waals surface area (Å²) in [7, 11) is 0. The second kappa shape index (κ2) is 6.18. The van der Waals surface area contributed by atoms with E-state index in [1.165, 1.54) is 11.1 Å². The molecular weight excluding hydrogens is 240 g/mol. The van der Waals surface area contributed by atoms with Gasteiger partial charge in [0.2, 0.25) is 5.91 Å². The van der Waals surface area contributed by atoms with E-state index in [0.29, 0.717) is 12.2 Å². The summed E-state index contributed by atoms with van der Waals surface area (Å²) in [5, 5.41) is 6.69. The maximum atomic E-state index is 11.7. The van der Waals surface area contributed by atoms with Gasteiger partial charge in [0.1, 0.15) is 5.76 Å². The predicted octanol–water partition coefficient (Wildman–Crippen LogP) is 2.19. The highest BCUT2D eigenvalue weighted by atomic mass is 16.5. The summed E-state index contributed by atoms with van der Waals surface area (Å²) in [4.78, 5) is 11.7. The van der Waals surface area contributed by atoms with Crippen molar-refractivity contribution in [1.29, 1.82) is 0 Å². The molecule has 0 unspecified atom stereocenters. The number of carbonyl (C=O) groups excluding carboxylic acids is 1. The number of hydrogen-bond donors (Lipinski definition) is 1. The molecule has 0 aliphatic rings. The van der Waals surface area contributed by atoms with E-state index >= 15 is 0 Å². The highest BCUT2D eigenvalue weighted by Crippen LogP contribution is 2.04. The maximum Gasteiger partial charge on any atom is 0.226 e. The van der Waals surface area contributed by atoms with Gasteiger partial charge in [-0.25, -0.2) is 0 Å². The molecule has 0 radical (unpaired) electrons. The first-order chi connectivity index (χ1) is 9.13. The summed E-state index contributed by atoms with van der Waals surface area (Å²) in [5.41, 5.74) is 3.14. The van der Waals surface area contributed by atoms with Crippen molar-refractivity contribution in [2.75, 3.05) is 6.54 Å². The average Bonchev–Trinajstić information content (AvgIpc) is 2.75. The van der Waals surface area contributed by atoms with Gasteiger partial charge < -0.3 is 9.84 Å². The van der Waals surface area contributed by atoms with Gasteiger partial charge in [-0.05, 0) is 25.8 Å². The fourth-order valence-corrected chi connectivity index (χ4v) is 1.94. The fourth-order valence-electron chi connectivity index (χ4n) is 1.94. The molecule has 1 aromatic heterocycles.